The lowest BCUT2D eigenvalue weighted by molar-refractivity contribution is -0.134. The van der Waals surface area contributed by atoms with Crippen LogP contribution in [0.1, 0.15) is 6.42 Å². The van der Waals surface area contributed by atoms with E-state index in [0.717, 1.165) is 6.54 Å². The highest BCUT2D eigenvalue weighted by Crippen LogP contribution is 2.27. The zero-order valence-electron chi connectivity index (χ0n) is 13.6. The number of rotatable bonds is 8. The van der Waals surface area contributed by atoms with Crippen LogP contribution < -0.4 is 24.8 Å². The van der Waals surface area contributed by atoms with Gasteiger partial charge in [0.05, 0.1) is 27.4 Å². The van der Waals surface area contributed by atoms with E-state index in [4.69, 9.17) is 18.9 Å². The minimum Gasteiger partial charge on any atom is -0.496 e. The monoisotopic (exact) mass is 324 g/mol. The minimum atomic E-state index is -0.396. The first kappa shape index (κ1) is 17.4. The predicted octanol–water partition coefficient (Wildman–Crippen LogP) is 0.577. The molecule has 1 fully saturated rings. The van der Waals surface area contributed by atoms with Crippen molar-refractivity contribution in [2.45, 2.75) is 12.5 Å². The molecule has 1 saturated heterocycles. The molecule has 1 amide bonds. The van der Waals surface area contributed by atoms with Crippen molar-refractivity contribution in [3.63, 3.8) is 0 Å². The second-order valence-electron chi connectivity index (χ2n) is 5.10. The maximum atomic E-state index is 11.8. The first-order valence-electron chi connectivity index (χ1n) is 7.69. The largest absolute Gasteiger partial charge is 0.496 e. The van der Waals surface area contributed by atoms with E-state index in [1.54, 1.807) is 32.4 Å². The predicted molar refractivity (Wildman–Crippen MR) is 85.3 cm³/mol. The number of nitrogens with one attached hydrogen (secondary N) is 2. The summed E-state index contributed by atoms with van der Waals surface area (Å²) in [6, 6.07) is 5.37. The topological polar surface area (TPSA) is 78.0 Å². The summed E-state index contributed by atoms with van der Waals surface area (Å²) in [7, 11) is 3.19. The van der Waals surface area contributed by atoms with Crippen LogP contribution in [0.5, 0.6) is 17.2 Å². The number of methoxy groups -OCH3 is 2. The lowest BCUT2D eigenvalue weighted by Gasteiger charge is -2.22. The summed E-state index contributed by atoms with van der Waals surface area (Å²) in [5.41, 5.74) is 0. The molecule has 1 atom stereocenters. The summed E-state index contributed by atoms with van der Waals surface area (Å²) in [4.78, 5) is 11.8. The molecule has 0 aliphatic carbocycles. The highest BCUT2D eigenvalue weighted by molar-refractivity contribution is 5.81. The molecule has 0 spiro atoms. The minimum absolute atomic E-state index is 0.0831. The molecule has 128 valence electrons. The molecule has 1 aromatic rings. The van der Waals surface area contributed by atoms with Crippen molar-refractivity contribution in [1.82, 2.24) is 10.6 Å². The van der Waals surface area contributed by atoms with Crippen LogP contribution in [0.25, 0.3) is 0 Å². The lowest BCUT2D eigenvalue weighted by Crippen LogP contribution is -2.48. The van der Waals surface area contributed by atoms with Gasteiger partial charge in [0.15, 0.2) is 0 Å². The molecule has 2 N–H and O–H groups in total. The summed E-state index contributed by atoms with van der Waals surface area (Å²) in [6.07, 6.45) is 0.304. The van der Waals surface area contributed by atoms with Crippen molar-refractivity contribution in [3.8, 4) is 17.2 Å². The third-order valence-electron chi connectivity index (χ3n) is 3.43. The maximum Gasteiger partial charge on any atom is 0.250 e. The molecule has 7 nitrogen and oxygen atoms in total. The highest BCUT2D eigenvalue weighted by atomic mass is 16.5. The second kappa shape index (κ2) is 9.22. The molecule has 1 aromatic carbocycles. The second-order valence-corrected chi connectivity index (χ2v) is 5.10. The maximum absolute atomic E-state index is 11.8. The van der Waals surface area contributed by atoms with E-state index < -0.39 is 6.10 Å². The molecular formula is C16H24N2O5. The SMILES string of the molecule is COc1cc(OC)cc(OCCCNC(=O)C2CNCCO2)c1. The Labute approximate surface area is 136 Å². The molecular weight excluding hydrogens is 300 g/mol. The van der Waals surface area contributed by atoms with Crippen LogP contribution in [0.15, 0.2) is 18.2 Å². The van der Waals surface area contributed by atoms with Crippen LogP contribution in [0, 0.1) is 0 Å². The Morgan fingerprint density at radius 1 is 1.26 bits per heavy atom. The number of morpholine rings is 1. The van der Waals surface area contributed by atoms with E-state index >= 15 is 0 Å². The number of hydrogen-bond donors (Lipinski definition) is 2. The normalized spacial score (nSPS) is 17.4. The Morgan fingerprint density at radius 2 is 1.96 bits per heavy atom. The van der Waals surface area contributed by atoms with E-state index in [1.807, 2.05) is 0 Å². The fraction of sp³-hybridized carbons (Fsp3) is 0.562. The van der Waals surface area contributed by atoms with Crippen molar-refractivity contribution in [2.75, 3.05) is 47.1 Å². The van der Waals surface area contributed by atoms with Gasteiger partial charge in [-0.3, -0.25) is 4.79 Å². The first-order valence-corrected chi connectivity index (χ1v) is 7.69. The van der Waals surface area contributed by atoms with Crippen molar-refractivity contribution in [3.05, 3.63) is 18.2 Å². The van der Waals surface area contributed by atoms with Gasteiger partial charge in [0.1, 0.15) is 23.4 Å². The molecule has 0 radical (unpaired) electrons. The fourth-order valence-corrected chi connectivity index (χ4v) is 2.19. The van der Waals surface area contributed by atoms with Crippen molar-refractivity contribution in [2.24, 2.45) is 0 Å². The van der Waals surface area contributed by atoms with Crippen LogP contribution in [-0.2, 0) is 9.53 Å². The standard InChI is InChI=1S/C16H24N2O5/c1-20-12-8-13(21-2)10-14(9-12)22-6-3-4-18-16(19)15-11-17-5-7-23-15/h8-10,15,17H,3-7,11H2,1-2H3,(H,18,19). The van der Waals surface area contributed by atoms with Crippen molar-refractivity contribution in [1.29, 1.82) is 0 Å². The summed E-state index contributed by atoms with van der Waals surface area (Å²) in [6.45, 7) is 2.95. The third kappa shape index (κ3) is 5.61. The van der Waals surface area contributed by atoms with Gasteiger partial charge in [0.25, 0.3) is 0 Å². The zero-order valence-corrected chi connectivity index (χ0v) is 13.6. The van der Waals surface area contributed by atoms with E-state index in [9.17, 15) is 4.79 Å². The molecule has 1 aliphatic heterocycles. The van der Waals surface area contributed by atoms with Gasteiger partial charge in [-0.15, -0.1) is 0 Å². The molecule has 1 heterocycles. The van der Waals surface area contributed by atoms with Crippen LogP contribution in [0.4, 0.5) is 0 Å². The Balaban J connectivity index is 1.68. The average molecular weight is 324 g/mol. The van der Waals surface area contributed by atoms with Gasteiger partial charge < -0.3 is 29.6 Å². The molecule has 1 unspecified atom stereocenters. The fourth-order valence-electron chi connectivity index (χ4n) is 2.19. The molecule has 2 rings (SSSR count). The first-order chi connectivity index (χ1) is 11.2. The van der Waals surface area contributed by atoms with Gasteiger partial charge in [-0.05, 0) is 6.42 Å². The molecule has 0 bridgehead atoms. The number of amides is 1. The van der Waals surface area contributed by atoms with E-state index in [-0.39, 0.29) is 5.91 Å². The quantitative estimate of drug-likeness (QED) is 0.681. The number of carbonyl (C=O) groups excluding carboxylic acids is 1. The lowest BCUT2D eigenvalue weighted by atomic mass is 10.3. The molecule has 0 saturated carbocycles. The number of hydrogen-bond acceptors (Lipinski definition) is 6. The van der Waals surface area contributed by atoms with Gasteiger partial charge in [-0.2, -0.15) is 0 Å². The van der Waals surface area contributed by atoms with Crippen molar-refractivity contribution >= 4 is 5.91 Å². The summed E-state index contributed by atoms with van der Waals surface area (Å²) in [5.74, 6) is 1.94. The van der Waals surface area contributed by atoms with E-state index in [2.05, 4.69) is 10.6 Å². The van der Waals surface area contributed by atoms with Crippen LogP contribution in [0.3, 0.4) is 0 Å². The Kier molecular flexibility index (Phi) is 6.96. The highest BCUT2D eigenvalue weighted by Gasteiger charge is 2.20. The molecule has 1 aliphatic rings. The number of carbonyl (C=O) groups is 1. The molecule has 23 heavy (non-hydrogen) atoms. The molecule has 0 aromatic heterocycles. The summed E-state index contributed by atoms with van der Waals surface area (Å²) < 4.78 is 21.4. The average Bonchev–Trinajstić information content (AvgIpc) is 2.61. The summed E-state index contributed by atoms with van der Waals surface area (Å²) >= 11 is 0. The van der Waals surface area contributed by atoms with Crippen LogP contribution >= 0.6 is 0 Å². The van der Waals surface area contributed by atoms with Gasteiger partial charge >= 0.3 is 0 Å². The van der Waals surface area contributed by atoms with Crippen LogP contribution in [0.2, 0.25) is 0 Å². The smallest absolute Gasteiger partial charge is 0.250 e. The van der Waals surface area contributed by atoms with Gasteiger partial charge in [-0.1, -0.05) is 0 Å². The Hall–Kier alpha value is -1.99. The van der Waals surface area contributed by atoms with Gasteiger partial charge in [0, 0.05) is 37.8 Å². The van der Waals surface area contributed by atoms with Crippen molar-refractivity contribution < 1.29 is 23.7 Å². The summed E-state index contributed by atoms with van der Waals surface area (Å²) in [5, 5.41) is 5.98. The van der Waals surface area contributed by atoms with E-state index in [0.29, 0.717) is 50.0 Å². The number of ether oxygens (including phenoxy) is 4. The van der Waals surface area contributed by atoms with Gasteiger partial charge in [-0.25, -0.2) is 0 Å². The number of benzene rings is 1. The third-order valence-corrected chi connectivity index (χ3v) is 3.43. The van der Waals surface area contributed by atoms with Crippen LogP contribution in [-0.4, -0.2) is 59.1 Å². The Morgan fingerprint density at radius 3 is 2.57 bits per heavy atom. The van der Waals surface area contributed by atoms with Gasteiger partial charge in [0.2, 0.25) is 5.91 Å². The Bertz CT molecular complexity index is 481. The molecule has 7 heteroatoms. The van der Waals surface area contributed by atoms with E-state index in [1.165, 1.54) is 0 Å². The zero-order chi connectivity index (χ0) is 16.5.